The van der Waals surface area contributed by atoms with Crippen LogP contribution in [-0.2, 0) is 4.79 Å². The third kappa shape index (κ3) is 4.96. The van der Waals surface area contributed by atoms with Gasteiger partial charge in [-0.15, -0.1) is 11.3 Å². The van der Waals surface area contributed by atoms with Gasteiger partial charge in [0.25, 0.3) is 5.91 Å². The van der Waals surface area contributed by atoms with E-state index in [1.54, 1.807) is 23.6 Å². The van der Waals surface area contributed by atoms with Crippen LogP contribution < -0.4 is 15.4 Å². The number of rotatable bonds is 6. The number of anilines is 2. The Morgan fingerprint density at radius 3 is 2.54 bits per heavy atom. The third-order valence-electron chi connectivity index (χ3n) is 3.69. The Kier molecular flexibility index (Phi) is 6.43. The zero-order chi connectivity index (χ0) is 20.1. The second kappa shape index (κ2) is 8.99. The fraction of sp³-hybridized carbons (Fsp3) is 0.150. The highest BCUT2D eigenvalue weighted by molar-refractivity contribution is 9.10. The van der Waals surface area contributed by atoms with Crippen molar-refractivity contribution in [1.82, 2.24) is 4.98 Å². The fourth-order valence-electron chi connectivity index (χ4n) is 2.48. The predicted molar refractivity (Wildman–Crippen MR) is 115 cm³/mol. The summed E-state index contributed by atoms with van der Waals surface area (Å²) < 4.78 is 6.22. The molecule has 0 bridgehead atoms. The number of carbonyl (C=O) groups excluding carboxylic acids is 2. The quantitative estimate of drug-likeness (QED) is 0.531. The first-order valence-corrected chi connectivity index (χ1v) is 10.2. The summed E-state index contributed by atoms with van der Waals surface area (Å²) in [6, 6.07) is 12.8. The maximum atomic E-state index is 12.6. The van der Waals surface area contributed by atoms with Crippen LogP contribution in [-0.4, -0.2) is 23.4 Å². The Morgan fingerprint density at radius 1 is 1.11 bits per heavy atom. The van der Waals surface area contributed by atoms with Crippen molar-refractivity contribution in [3.63, 3.8) is 0 Å². The van der Waals surface area contributed by atoms with Gasteiger partial charge in [-0.25, -0.2) is 4.98 Å². The molecular formula is C20H18BrN3O3S. The summed E-state index contributed by atoms with van der Waals surface area (Å²) in [4.78, 5) is 28.4. The summed E-state index contributed by atoms with van der Waals surface area (Å²) in [5.74, 6) is 0.225. The molecule has 0 aliphatic rings. The Bertz CT molecular complexity index is 1000. The van der Waals surface area contributed by atoms with Gasteiger partial charge in [-0.05, 0) is 49.4 Å². The second-order valence-electron chi connectivity index (χ2n) is 5.82. The van der Waals surface area contributed by atoms with E-state index in [2.05, 4.69) is 31.5 Å². The van der Waals surface area contributed by atoms with E-state index in [1.807, 2.05) is 31.2 Å². The van der Waals surface area contributed by atoms with Crippen molar-refractivity contribution < 1.29 is 14.3 Å². The molecule has 0 fully saturated rings. The molecule has 144 valence electrons. The molecule has 1 heterocycles. The summed E-state index contributed by atoms with van der Waals surface area (Å²) in [7, 11) is 0. The molecule has 0 spiro atoms. The van der Waals surface area contributed by atoms with Crippen molar-refractivity contribution in [2.75, 3.05) is 17.2 Å². The molecule has 0 aliphatic carbocycles. The first-order valence-electron chi connectivity index (χ1n) is 8.53. The van der Waals surface area contributed by atoms with E-state index in [9.17, 15) is 9.59 Å². The summed E-state index contributed by atoms with van der Waals surface area (Å²) in [5, 5.41) is 7.95. The minimum Gasteiger partial charge on any atom is -0.494 e. The molecule has 0 atom stereocenters. The van der Waals surface area contributed by atoms with Crippen LogP contribution >= 0.6 is 27.3 Å². The molecule has 1 aromatic heterocycles. The highest BCUT2D eigenvalue weighted by Crippen LogP contribution is 2.29. The Balaban J connectivity index is 1.78. The SMILES string of the molecule is CCOc1ccc(-c2nc(C(=O)Nc3cc(Br)ccc3NC(C)=O)cs2)cc1. The molecule has 28 heavy (non-hydrogen) atoms. The van der Waals surface area contributed by atoms with Crippen molar-refractivity contribution in [3.8, 4) is 16.3 Å². The van der Waals surface area contributed by atoms with Gasteiger partial charge in [0.1, 0.15) is 16.5 Å². The lowest BCUT2D eigenvalue weighted by atomic mass is 10.2. The van der Waals surface area contributed by atoms with E-state index in [1.165, 1.54) is 18.3 Å². The van der Waals surface area contributed by atoms with Gasteiger partial charge in [0.2, 0.25) is 5.91 Å². The molecule has 0 aliphatic heterocycles. The fourth-order valence-corrected chi connectivity index (χ4v) is 3.64. The lowest BCUT2D eigenvalue weighted by Crippen LogP contribution is -2.15. The smallest absolute Gasteiger partial charge is 0.275 e. The molecule has 2 aromatic carbocycles. The van der Waals surface area contributed by atoms with Gasteiger partial charge in [-0.3, -0.25) is 9.59 Å². The maximum Gasteiger partial charge on any atom is 0.275 e. The number of amides is 2. The van der Waals surface area contributed by atoms with Gasteiger partial charge in [0, 0.05) is 22.3 Å². The van der Waals surface area contributed by atoms with Crippen LogP contribution in [0.25, 0.3) is 10.6 Å². The van der Waals surface area contributed by atoms with Gasteiger partial charge >= 0.3 is 0 Å². The minimum absolute atomic E-state index is 0.218. The summed E-state index contributed by atoms with van der Waals surface area (Å²) in [5.41, 5.74) is 2.23. The van der Waals surface area contributed by atoms with Crippen LogP contribution in [0.2, 0.25) is 0 Å². The largest absolute Gasteiger partial charge is 0.494 e. The summed E-state index contributed by atoms with van der Waals surface area (Å²) in [6.07, 6.45) is 0. The van der Waals surface area contributed by atoms with Gasteiger partial charge < -0.3 is 15.4 Å². The molecule has 0 saturated heterocycles. The van der Waals surface area contributed by atoms with Gasteiger partial charge in [-0.1, -0.05) is 15.9 Å². The van der Waals surface area contributed by atoms with Crippen molar-refractivity contribution in [2.24, 2.45) is 0 Å². The van der Waals surface area contributed by atoms with Crippen LogP contribution in [0.15, 0.2) is 52.3 Å². The monoisotopic (exact) mass is 459 g/mol. The van der Waals surface area contributed by atoms with E-state index < -0.39 is 0 Å². The van der Waals surface area contributed by atoms with Crippen LogP contribution in [0.3, 0.4) is 0 Å². The van der Waals surface area contributed by atoms with Crippen molar-refractivity contribution in [3.05, 3.63) is 58.0 Å². The highest BCUT2D eigenvalue weighted by atomic mass is 79.9. The normalized spacial score (nSPS) is 10.4. The minimum atomic E-state index is -0.349. The zero-order valence-electron chi connectivity index (χ0n) is 15.3. The van der Waals surface area contributed by atoms with Crippen LogP contribution in [0.1, 0.15) is 24.3 Å². The Hall–Kier alpha value is -2.71. The zero-order valence-corrected chi connectivity index (χ0v) is 17.7. The maximum absolute atomic E-state index is 12.6. The molecule has 0 radical (unpaired) electrons. The number of thiazole rings is 1. The molecular weight excluding hydrogens is 442 g/mol. The average molecular weight is 460 g/mol. The van der Waals surface area contributed by atoms with Gasteiger partial charge in [0.15, 0.2) is 0 Å². The number of halogens is 1. The van der Waals surface area contributed by atoms with E-state index >= 15 is 0 Å². The predicted octanol–water partition coefficient (Wildman–Crippen LogP) is 5.18. The van der Waals surface area contributed by atoms with E-state index in [4.69, 9.17) is 4.74 Å². The number of nitrogens with zero attached hydrogens (tertiary/aromatic N) is 1. The Morgan fingerprint density at radius 2 is 1.86 bits per heavy atom. The topological polar surface area (TPSA) is 80.3 Å². The molecule has 8 heteroatoms. The number of nitrogens with one attached hydrogen (secondary N) is 2. The number of hydrogen-bond acceptors (Lipinski definition) is 5. The summed E-state index contributed by atoms with van der Waals surface area (Å²) in [6.45, 7) is 3.95. The number of ether oxygens (including phenoxy) is 1. The van der Waals surface area contributed by atoms with Crippen LogP contribution in [0.4, 0.5) is 11.4 Å². The number of aromatic nitrogens is 1. The molecule has 3 aromatic rings. The van der Waals surface area contributed by atoms with Crippen LogP contribution in [0.5, 0.6) is 5.75 Å². The van der Waals surface area contributed by atoms with Crippen molar-refractivity contribution >= 4 is 50.5 Å². The first kappa shape index (κ1) is 20.0. The van der Waals surface area contributed by atoms with Crippen molar-refractivity contribution in [2.45, 2.75) is 13.8 Å². The standard InChI is InChI=1S/C20H18BrN3O3S/c1-3-27-15-7-4-13(5-8-15)20-24-18(11-28-20)19(26)23-17-10-14(21)6-9-16(17)22-12(2)25/h4-11H,3H2,1-2H3,(H,22,25)(H,23,26). The third-order valence-corrected chi connectivity index (χ3v) is 5.07. The molecule has 2 N–H and O–H groups in total. The van der Waals surface area contributed by atoms with Gasteiger partial charge in [0.05, 0.1) is 18.0 Å². The van der Waals surface area contributed by atoms with E-state index in [-0.39, 0.29) is 11.8 Å². The lowest BCUT2D eigenvalue weighted by Gasteiger charge is -2.11. The van der Waals surface area contributed by atoms with E-state index in [0.717, 1.165) is 20.8 Å². The molecule has 2 amide bonds. The molecule has 6 nitrogen and oxygen atoms in total. The van der Waals surface area contributed by atoms with E-state index in [0.29, 0.717) is 23.7 Å². The number of hydrogen-bond donors (Lipinski definition) is 2. The molecule has 3 rings (SSSR count). The van der Waals surface area contributed by atoms with Crippen LogP contribution in [0, 0.1) is 0 Å². The molecule has 0 saturated carbocycles. The number of carbonyl (C=O) groups is 2. The highest BCUT2D eigenvalue weighted by Gasteiger charge is 2.15. The lowest BCUT2D eigenvalue weighted by molar-refractivity contribution is -0.114. The average Bonchev–Trinajstić information content (AvgIpc) is 3.15. The first-order chi connectivity index (χ1) is 13.5. The number of benzene rings is 2. The van der Waals surface area contributed by atoms with Gasteiger partial charge in [-0.2, -0.15) is 0 Å². The van der Waals surface area contributed by atoms with Crippen molar-refractivity contribution in [1.29, 1.82) is 0 Å². The second-order valence-corrected chi connectivity index (χ2v) is 7.59. The Labute approximate surface area is 175 Å². The summed E-state index contributed by atoms with van der Waals surface area (Å²) >= 11 is 4.76. The molecule has 0 unspecified atom stereocenters.